The summed E-state index contributed by atoms with van der Waals surface area (Å²) >= 11 is 5.70. The average molecular weight is 379 g/mol. The monoisotopic (exact) mass is 378 g/mol. The standard InChI is InChI=1S/C14H10ClF3N2O3S/c15-10-5-3-4-9(8-10)13(21)19-20-24(22,23)12-7-2-1-6-11(12)14(16,17)18/h1-8,20H,(H,19,21). The molecule has 5 nitrogen and oxygen atoms in total. The zero-order chi connectivity index (χ0) is 18.0. The fraction of sp³-hybridized carbons (Fsp3) is 0.0714. The fourth-order valence-electron chi connectivity index (χ4n) is 1.81. The topological polar surface area (TPSA) is 75.3 Å². The van der Waals surface area contributed by atoms with E-state index in [1.165, 1.54) is 24.3 Å². The highest BCUT2D eigenvalue weighted by atomic mass is 35.5. The van der Waals surface area contributed by atoms with Gasteiger partial charge in [0.25, 0.3) is 15.9 Å². The number of alkyl halides is 3. The number of rotatable bonds is 4. The summed E-state index contributed by atoms with van der Waals surface area (Å²) in [6.07, 6.45) is -4.86. The summed E-state index contributed by atoms with van der Waals surface area (Å²) < 4.78 is 62.8. The number of halogens is 4. The van der Waals surface area contributed by atoms with Crippen molar-refractivity contribution in [3.8, 4) is 0 Å². The molecule has 0 heterocycles. The number of hydrogen-bond acceptors (Lipinski definition) is 3. The van der Waals surface area contributed by atoms with Gasteiger partial charge in [0, 0.05) is 10.6 Å². The average Bonchev–Trinajstić information content (AvgIpc) is 2.52. The Balaban J connectivity index is 2.23. The first-order valence-electron chi connectivity index (χ1n) is 6.35. The molecule has 24 heavy (non-hydrogen) atoms. The Morgan fingerprint density at radius 3 is 2.33 bits per heavy atom. The highest BCUT2D eigenvalue weighted by molar-refractivity contribution is 7.89. The molecule has 0 aliphatic rings. The van der Waals surface area contributed by atoms with Crippen LogP contribution in [0.3, 0.4) is 0 Å². The quantitative estimate of drug-likeness (QED) is 0.803. The van der Waals surface area contributed by atoms with Crippen LogP contribution >= 0.6 is 11.6 Å². The Labute approximate surface area is 140 Å². The molecule has 0 saturated carbocycles. The van der Waals surface area contributed by atoms with E-state index in [1.807, 2.05) is 5.43 Å². The predicted octanol–water partition coefficient (Wildman–Crippen LogP) is 2.98. The smallest absolute Gasteiger partial charge is 0.273 e. The first kappa shape index (κ1) is 18.2. The van der Waals surface area contributed by atoms with E-state index in [2.05, 4.69) is 0 Å². The molecule has 2 aromatic carbocycles. The second kappa shape index (κ2) is 6.80. The van der Waals surface area contributed by atoms with Crippen LogP contribution in [0, 0.1) is 0 Å². The zero-order valence-electron chi connectivity index (χ0n) is 11.8. The summed E-state index contributed by atoms with van der Waals surface area (Å²) in [6, 6.07) is 9.22. The first-order valence-corrected chi connectivity index (χ1v) is 8.21. The number of nitrogens with one attached hydrogen (secondary N) is 2. The Bertz CT molecular complexity index is 870. The lowest BCUT2D eigenvalue weighted by atomic mass is 10.2. The molecule has 10 heteroatoms. The van der Waals surface area contributed by atoms with Gasteiger partial charge >= 0.3 is 6.18 Å². The predicted molar refractivity (Wildman–Crippen MR) is 80.7 cm³/mol. The Morgan fingerprint density at radius 1 is 1.04 bits per heavy atom. The van der Waals surface area contributed by atoms with Crippen molar-refractivity contribution < 1.29 is 26.4 Å². The summed E-state index contributed by atoms with van der Waals surface area (Å²) in [5, 5.41) is 0.243. The number of carbonyl (C=O) groups is 1. The zero-order valence-corrected chi connectivity index (χ0v) is 13.3. The molecule has 2 N–H and O–H groups in total. The van der Waals surface area contributed by atoms with Gasteiger partial charge < -0.3 is 0 Å². The molecule has 1 amide bonds. The fourth-order valence-corrected chi connectivity index (χ4v) is 3.06. The Hall–Kier alpha value is -2.10. The van der Waals surface area contributed by atoms with Gasteiger partial charge in [0.15, 0.2) is 0 Å². The van der Waals surface area contributed by atoms with Gasteiger partial charge in [-0.25, -0.2) is 8.42 Å². The van der Waals surface area contributed by atoms with Crippen LogP contribution in [0.25, 0.3) is 0 Å². The van der Waals surface area contributed by atoms with Crippen molar-refractivity contribution in [2.45, 2.75) is 11.1 Å². The molecular formula is C14H10ClF3N2O3S. The van der Waals surface area contributed by atoms with Gasteiger partial charge in [-0.15, -0.1) is 4.83 Å². The summed E-state index contributed by atoms with van der Waals surface area (Å²) in [4.78, 5) is 12.5. The summed E-state index contributed by atoms with van der Waals surface area (Å²) in [7, 11) is -4.62. The molecule has 0 aliphatic carbocycles. The third-order valence-corrected chi connectivity index (χ3v) is 4.41. The van der Waals surface area contributed by atoms with Crippen LogP contribution in [0.5, 0.6) is 0 Å². The van der Waals surface area contributed by atoms with Gasteiger partial charge in [0.1, 0.15) is 0 Å². The molecule has 2 aromatic rings. The van der Waals surface area contributed by atoms with Crippen molar-refractivity contribution in [3.05, 3.63) is 64.7 Å². The van der Waals surface area contributed by atoms with Crippen molar-refractivity contribution in [3.63, 3.8) is 0 Å². The maximum atomic E-state index is 12.9. The van der Waals surface area contributed by atoms with Crippen LogP contribution in [0.2, 0.25) is 5.02 Å². The molecule has 0 aliphatic heterocycles. The van der Waals surface area contributed by atoms with E-state index >= 15 is 0 Å². The van der Waals surface area contributed by atoms with Gasteiger partial charge in [0.05, 0.1) is 10.5 Å². The van der Waals surface area contributed by atoms with Crippen molar-refractivity contribution in [1.82, 2.24) is 10.3 Å². The van der Waals surface area contributed by atoms with Crippen LogP contribution in [-0.4, -0.2) is 14.3 Å². The minimum absolute atomic E-state index is 0.0364. The second-order valence-corrected chi connectivity index (χ2v) is 6.65. The van der Waals surface area contributed by atoms with E-state index in [0.717, 1.165) is 18.2 Å². The van der Waals surface area contributed by atoms with E-state index < -0.39 is 32.6 Å². The molecule has 0 radical (unpaired) electrons. The van der Waals surface area contributed by atoms with Gasteiger partial charge in [-0.3, -0.25) is 10.2 Å². The number of hydrazine groups is 1. The lowest BCUT2D eigenvalue weighted by Gasteiger charge is -2.14. The van der Waals surface area contributed by atoms with E-state index in [0.29, 0.717) is 6.07 Å². The Morgan fingerprint density at radius 2 is 1.71 bits per heavy atom. The summed E-state index contributed by atoms with van der Waals surface area (Å²) in [6.45, 7) is 0. The summed E-state index contributed by atoms with van der Waals surface area (Å²) in [5.74, 6) is -0.870. The molecule has 0 spiro atoms. The number of hydrogen-bond donors (Lipinski definition) is 2. The van der Waals surface area contributed by atoms with Crippen LogP contribution in [0.4, 0.5) is 13.2 Å². The molecule has 2 rings (SSSR count). The highest BCUT2D eigenvalue weighted by Gasteiger charge is 2.36. The molecule has 0 unspecified atom stereocenters. The summed E-state index contributed by atoms with van der Waals surface area (Å²) in [5.41, 5.74) is 0.539. The van der Waals surface area contributed by atoms with Gasteiger partial charge in [-0.05, 0) is 30.3 Å². The van der Waals surface area contributed by atoms with Crippen LogP contribution < -0.4 is 10.3 Å². The number of amides is 1. The molecule has 0 aromatic heterocycles. The van der Waals surface area contributed by atoms with Gasteiger partial charge in [-0.1, -0.05) is 29.8 Å². The lowest BCUT2D eigenvalue weighted by molar-refractivity contribution is -0.139. The van der Waals surface area contributed by atoms with Crippen molar-refractivity contribution >= 4 is 27.5 Å². The van der Waals surface area contributed by atoms with Crippen LogP contribution in [-0.2, 0) is 16.2 Å². The highest BCUT2D eigenvalue weighted by Crippen LogP contribution is 2.33. The third kappa shape index (κ3) is 4.25. The van der Waals surface area contributed by atoms with Crippen LogP contribution in [0.15, 0.2) is 53.4 Å². The lowest BCUT2D eigenvalue weighted by Crippen LogP contribution is -2.42. The normalized spacial score (nSPS) is 12.0. The minimum Gasteiger partial charge on any atom is -0.273 e. The first-order chi connectivity index (χ1) is 11.1. The number of carbonyl (C=O) groups excluding carboxylic acids is 1. The minimum atomic E-state index is -4.86. The van der Waals surface area contributed by atoms with Crippen molar-refractivity contribution in [2.24, 2.45) is 0 Å². The molecule has 0 saturated heterocycles. The maximum absolute atomic E-state index is 12.9. The van der Waals surface area contributed by atoms with E-state index in [-0.39, 0.29) is 10.6 Å². The van der Waals surface area contributed by atoms with Crippen molar-refractivity contribution in [1.29, 1.82) is 0 Å². The van der Waals surface area contributed by atoms with Gasteiger partial charge in [-0.2, -0.15) is 13.2 Å². The molecule has 0 fully saturated rings. The molecule has 128 valence electrons. The van der Waals surface area contributed by atoms with E-state index in [9.17, 15) is 26.4 Å². The maximum Gasteiger partial charge on any atom is 0.417 e. The van der Waals surface area contributed by atoms with Crippen LogP contribution in [0.1, 0.15) is 15.9 Å². The molecule has 0 bridgehead atoms. The largest absolute Gasteiger partial charge is 0.417 e. The number of benzene rings is 2. The van der Waals surface area contributed by atoms with E-state index in [4.69, 9.17) is 11.6 Å². The number of sulfonamides is 1. The molecule has 0 atom stereocenters. The van der Waals surface area contributed by atoms with Crippen molar-refractivity contribution in [2.75, 3.05) is 0 Å². The molecular weight excluding hydrogens is 369 g/mol. The SMILES string of the molecule is O=C(NNS(=O)(=O)c1ccccc1C(F)(F)F)c1cccc(Cl)c1. The second-order valence-electron chi connectivity index (χ2n) is 4.56. The van der Waals surface area contributed by atoms with Gasteiger partial charge in [0.2, 0.25) is 0 Å². The Kier molecular flexibility index (Phi) is 5.16. The third-order valence-electron chi connectivity index (χ3n) is 2.87. The van der Waals surface area contributed by atoms with E-state index in [1.54, 1.807) is 4.83 Å².